The predicted octanol–water partition coefficient (Wildman–Crippen LogP) is 3.02. The lowest BCUT2D eigenvalue weighted by molar-refractivity contribution is -0.134. The van der Waals surface area contributed by atoms with Gasteiger partial charge in [0.15, 0.2) is 0 Å². The summed E-state index contributed by atoms with van der Waals surface area (Å²) >= 11 is 0. The Labute approximate surface area is 146 Å². The molecule has 2 N–H and O–H groups in total. The number of benzene rings is 1. The number of hydrogen-bond acceptors (Lipinski definition) is 3. The molecule has 25 heavy (non-hydrogen) atoms. The van der Waals surface area contributed by atoms with Crippen LogP contribution in [0.1, 0.15) is 44.0 Å². The van der Waals surface area contributed by atoms with Gasteiger partial charge in [-0.15, -0.1) is 0 Å². The summed E-state index contributed by atoms with van der Waals surface area (Å²) in [6, 6.07) is 6.95. The zero-order valence-corrected chi connectivity index (χ0v) is 14.2. The van der Waals surface area contributed by atoms with E-state index in [0.717, 1.165) is 42.9 Å². The van der Waals surface area contributed by atoms with Crippen molar-refractivity contribution in [2.75, 3.05) is 13.1 Å². The summed E-state index contributed by atoms with van der Waals surface area (Å²) in [6.07, 6.45) is 7.09. The van der Waals surface area contributed by atoms with Gasteiger partial charge in [-0.3, -0.25) is 4.79 Å². The highest BCUT2D eigenvalue weighted by Crippen LogP contribution is 2.31. The van der Waals surface area contributed by atoms with Crippen LogP contribution in [0.2, 0.25) is 0 Å². The van der Waals surface area contributed by atoms with Crippen LogP contribution >= 0.6 is 0 Å². The second-order valence-electron chi connectivity index (χ2n) is 6.95. The van der Waals surface area contributed by atoms with Crippen LogP contribution in [0.15, 0.2) is 30.5 Å². The summed E-state index contributed by atoms with van der Waals surface area (Å²) in [5, 5.41) is 3.30. The van der Waals surface area contributed by atoms with Gasteiger partial charge >= 0.3 is 0 Å². The molecule has 4 rings (SSSR count). The number of halogens is 1. The monoisotopic (exact) mass is 342 g/mol. The van der Waals surface area contributed by atoms with Gasteiger partial charge in [-0.2, -0.15) is 0 Å². The van der Waals surface area contributed by atoms with E-state index in [1.54, 1.807) is 12.3 Å². The number of aromatic nitrogens is 2. The first-order chi connectivity index (χ1) is 12.2. The number of nitrogens with one attached hydrogen (secondary N) is 2. The van der Waals surface area contributed by atoms with Gasteiger partial charge in [0.1, 0.15) is 11.6 Å². The molecule has 2 aliphatic rings. The van der Waals surface area contributed by atoms with Crippen LogP contribution in [0.4, 0.5) is 4.39 Å². The van der Waals surface area contributed by atoms with E-state index in [2.05, 4.69) is 15.3 Å². The van der Waals surface area contributed by atoms with Crippen molar-refractivity contribution in [2.45, 2.75) is 44.2 Å². The van der Waals surface area contributed by atoms with Crippen molar-refractivity contribution < 1.29 is 9.18 Å². The minimum atomic E-state index is -0.269. The quantitative estimate of drug-likeness (QED) is 0.878. The van der Waals surface area contributed by atoms with Gasteiger partial charge in [-0.05, 0) is 44.2 Å². The second kappa shape index (κ2) is 6.96. The predicted molar refractivity (Wildman–Crippen MR) is 93.3 cm³/mol. The first-order valence-electron chi connectivity index (χ1n) is 9.04. The zero-order valence-electron chi connectivity index (χ0n) is 14.2. The lowest BCUT2D eigenvalue weighted by Crippen LogP contribution is -2.43. The maximum absolute atomic E-state index is 13.4. The molecule has 0 spiro atoms. The highest BCUT2D eigenvalue weighted by molar-refractivity contribution is 5.79. The average molecular weight is 342 g/mol. The van der Waals surface area contributed by atoms with Crippen LogP contribution in [0, 0.1) is 5.82 Å². The third-order valence-electron chi connectivity index (χ3n) is 4.99. The fraction of sp³-hybridized carbons (Fsp3) is 0.474. The van der Waals surface area contributed by atoms with E-state index in [0.29, 0.717) is 12.6 Å². The van der Waals surface area contributed by atoms with Crippen molar-refractivity contribution in [3.05, 3.63) is 42.1 Å². The topological polar surface area (TPSA) is 61.0 Å². The Morgan fingerprint density at radius 1 is 1.32 bits per heavy atom. The fourth-order valence-corrected chi connectivity index (χ4v) is 3.44. The average Bonchev–Trinajstić information content (AvgIpc) is 3.33. The normalized spacial score (nSPS) is 20.7. The minimum absolute atomic E-state index is 0.0236. The van der Waals surface area contributed by atoms with Crippen LogP contribution in [0.5, 0.6) is 0 Å². The number of amides is 1. The van der Waals surface area contributed by atoms with Crippen molar-refractivity contribution in [2.24, 2.45) is 0 Å². The van der Waals surface area contributed by atoms with Gasteiger partial charge in [0.25, 0.3) is 0 Å². The van der Waals surface area contributed by atoms with Crippen molar-refractivity contribution in [1.82, 2.24) is 20.2 Å². The molecule has 1 atom stereocenters. The van der Waals surface area contributed by atoms with Gasteiger partial charge in [0.2, 0.25) is 5.91 Å². The molecule has 0 radical (unpaired) electrons. The molecule has 5 nitrogen and oxygen atoms in total. The van der Waals surface area contributed by atoms with Crippen molar-refractivity contribution in [3.63, 3.8) is 0 Å². The molecule has 2 heterocycles. The summed E-state index contributed by atoms with van der Waals surface area (Å²) in [5.74, 6) is 0.660. The van der Waals surface area contributed by atoms with E-state index in [-0.39, 0.29) is 17.8 Å². The SMILES string of the molecule is O=C(CNC1CC1)N1CCCC[C@@H]1c1ncc(-c2cccc(F)c2)[nH]1. The Balaban J connectivity index is 1.51. The Morgan fingerprint density at radius 2 is 2.20 bits per heavy atom. The van der Waals surface area contributed by atoms with Crippen molar-refractivity contribution in [3.8, 4) is 11.3 Å². The molecule has 1 saturated heterocycles. The summed E-state index contributed by atoms with van der Waals surface area (Å²) in [6.45, 7) is 1.17. The fourth-order valence-electron chi connectivity index (χ4n) is 3.44. The number of aromatic amines is 1. The summed E-state index contributed by atoms with van der Waals surface area (Å²) in [4.78, 5) is 22.3. The maximum atomic E-state index is 13.4. The number of carbonyl (C=O) groups is 1. The minimum Gasteiger partial charge on any atom is -0.340 e. The lowest BCUT2D eigenvalue weighted by atomic mass is 10.0. The van der Waals surface area contributed by atoms with Crippen molar-refractivity contribution in [1.29, 1.82) is 0 Å². The zero-order chi connectivity index (χ0) is 17.2. The smallest absolute Gasteiger partial charge is 0.237 e. The molecule has 6 heteroatoms. The molecule has 1 amide bonds. The van der Waals surface area contributed by atoms with Gasteiger partial charge in [-0.25, -0.2) is 9.37 Å². The Bertz CT molecular complexity index is 755. The first kappa shape index (κ1) is 16.3. The van der Waals surface area contributed by atoms with Crippen LogP contribution < -0.4 is 5.32 Å². The number of piperidine rings is 1. The van der Waals surface area contributed by atoms with E-state index in [1.807, 2.05) is 11.0 Å². The van der Waals surface area contributed by atoms with E-state index in [1.165, 1.54) is 25.0 Å². The molecule has 1 aliphatic carbocycles. The number of likely N-dealkylation sites (tertiary alicyclic amines) is 1. The Hall–Kier alpha value is -2.21. The molecule has 2 fully saturated rings. The number of hydrogen-bond donors (Lipinski definition) is 2. The van der Waals surface area contributed by atoms with Crippen LogP contribution in [-0.2, 0) is 4.79 Å². The van der Waals surface area contributed by atoms with E-state index < -0.39 is 0 Å². The van der Waals surface area contributed by atoms with Crippen molar-refractivity contribution >= 4 is 5.91 Å². The highest BCUT2D eigenvalue weighted by atomic mass is 19.1. The van der Waals surface area contributed by atoms with Gasteiger partial charge in [0, 0.05) is 18.2 Å². The van der Waals surface area contributed by atoms with E-state index in [9.17, 15) is 9.18 Å². The molecule has 1 saturated carbocycles. The highest BCUT2D eigenvalue weighted by Gasteiger charge is 2.31. The molecule has 2 aromatic rings. The molecule has 0 unspecified atom stereocenters. The van der Waals surface area contributed by atoms with Crippen LogP contribution in [-0.4, -0.2) is 39.9 Å². The van der Waals surface area contributed by atoms with Gasteiger partial charge in [-0.1, -0.05) is 12.1 Å². The molecule has 0 bridgehead atoms. The molecule has 1 aromatic heterocycles. The molecule has 132 valence electrons. The molecule has 1 aromatic carbocycles. The maximum Gasteiger partial charge on any atom is 0.237 e. The summed E-state index contributed by atoms with van der Waals surface area (Å²) in [5.41, 5.74) is 1.55. The number of imidazole rings is 1. The van der Waals surface area contributed by atoms with Gasteiger partial charge < -0.3 is 15.2 Å². The molecular weight excluding hydrogens is 319 g/mol. The van der Waals surface area contributed by atoms with Crippen LogP contribution in [0.25, 0.3) is 11.3 Å². The second-order valence-corrected chi connectivity index (χ2v) is 6.95. The van der Waals surface area contributed by atoms with E-state index >= 15 is 0 Å². The third-order valence-corrected chi connectivity index (χ3v) is 4.99. The summed E-state index contributed by atoms with van der Waals surface area (Å²) in [7, 11) is 0. The standard InChI is InChI=1S/C19H23FN4O/c20-14-5-3-4-13(10-14)16-11-22-19(23-16)17-6-1-2-9-24(17)18(25)12-21-15-7-8-15/h3-5,10-11,15,17,21H,1-2,6-9,12H2,(H,22,23)/t17-/m1/s1. The third kappa shape index (κ3) is 3.74. The Kier molecular flexibility index (Phi) is 4.53. The first-order valence-corrected chi connectivity index (χ1v) is 9.04. The molecular formula is C19H23FN4O. The summed E-state index contributed by atoms with van der Waals surface area (Å²) < 4.78 is 13.4. The number of rotatable bonds is 5. The Morgan fingerprint density at radius 3 is 3.00 bits per heavy atom. The van der Waals surface area contributed by atoms with E-state index in [4.69, 9.17) is 0 Å². The largest absolute Gasteiger partial charge is 0.340 e. The van der Waals surface area contributed by atoms with Crippen LogP contribution in [0.3, 0.4) is 0 Å². The number of H-pyrrole nitrogens is 1. The lowest BCUT2D eigenvalue weighted by Gasteiger charge is -2.34. The number of carbonyl (C=O) groups excluding carboxylic acids is 1. The molecule has 1 aliphatic heterocycles. The number of nitrogens with zero attached hydrogens (tertiary/aromatic N) is 2. The van der Waals surface area contributed by atoms with Gasteiger partial charge in [0.05, 0.1) is 24.5 Å².